The normalized spacial score (nSPS) is 15.2. The monoisotopic (exact) mass is 463 g/mol. The molecule has 0 bridgehead atoms. The zero-order valence-corrected chi connectivity index (χ0v) is 19.3. The Kier molecular flexibility index (Phi) is 6.72. The van der Waals surface area contributed by atoms with Crippen LogP contribution in [0, 0.1) is 5.82 Å². The summed E-state index contributed by atoms with van der Waals surface area (Å²) in [6, 6.07) is 12.8. The van der Waals surface area contributed by atoms with Gasteiger partial charge in [-0.1, -0.05) is 37.3 Å². The third kappa shape index (κ3) is 4.41. The molecule has 1 aliphatic rings. The number of aromatic nitrogens is 3. The van der Waals surface area contributed by atoms with Gasteiger partial charge >= 0.3 is 5.97 Å². The van der Waals surface area contributed by atoms with Gasteiger partial charge in [-0.15, -0.1) is 0 Å². The van der Waals surface area contributed by atoms with Crippen molar-refractivity contribution in [2.24, 2.45) is 0 Å². The summed E-state index contributed by atoms with van der Waals surface area (Å²) in [6.07, 6.45) is 2.14. The van der Waals surface area contributed by atoms with Crippen molar-refractivity contribution in [3.8, 4) is 0 Å². The van der Waals surface area contributed by atoms with Crippen LogP contribution in [0.15, 0.2) is 66.1 Å². The van der Waals surface area contributed by atoms with Crippen LogP contribution in [0.1, 0.15) is 37.9 Å². The molecule has 1 amide bonds. The van der Waals surface area contributed by atoms with Crippen LogP contribution in [0.4, 0.5) is 16.0 Å². The first-order valence-electron chi connectivity index (χ1n) is 11.1. The lowest BCUT2D eigenvalue weighted by atomic mass is 9.95. The van der Waals surface area contributed by atoms with Crippen LogP contribution in [-0.2, 0) is 20.7 Å². The second kappa shape index (κ2) is 9.86. The minimum Gasteiger partial charge on any atom is -0.463 e. The number of para-hydroxylation sites is 1. The average Bonchev–Trinajstić information content (AvgIpc) is 3.31. The largest absolute Gasteiger partial charge is 0.463 e. The van der Waals surface area contributed by atoms with E-state index in [0.29, 0.717) is 22.8 Å². The molecule has 0 saturated carbocycles. The predicted octanol–water partition coefficient (Wildman–Crippen LogP) is 3.86. The Balaban J connectivity index is 1.72. The molecule has 176 valence electrons. The fraction of sp³-hybridized carbons (Fsp3) is 0.280. The van der Waals surface area contributed by atoms with Crippen LogP contribution in [0.2, 0.25) is 0 Å². The molecule has 1 aromatic heterocycles. The standard InChI is InChI=1S/C25H26FN5O3/c1-4-17-8-6-7-9-20(17)29-21(32)14-30-16(3)22(24(33)34-5-2)23(31-25(30)27-15-28-31)18-10-12-19(26)13-11-18/h6-13,15,23H,4-5,14H2,1-3H3,(H,29,32)/t23-/m0/s1. The summed E-state index contributed by atoms with van der Waals surface area (Å²) in [5.41, 5.74) is 3.25. The number of hydrogen-bond donors (Lipinski definition) is 1. The molecule has 1 aliphatic heterocycles. The Hall–Kier alpha value is -4.01. The number of anilines is 2. The van der Waals surface area contributed by atoms with E-state index in [-0.39, 0.29) is 24.9 Å². The van der Waals surface area contributed by atoms with E-state index in [1.54, 1.807) is 35.6 Å². The minimum absolute atomic E-state index is 0.0817. The third-order valence-corrected chi connectivity index (χ3v) is 5.76. The average molecular weight is 464 g/mol. The number of fused-ring (bicyclic) bond motifs is 1. The molecule has 34 heavy (non-hydrogen) atoms. The summed E-state index contributed by atoms with van der Waals surface area (Å²) in [6.45, 7) is 5.59. The molecular weight excluding hydrogens is 437 g/mol. The molecule has 9 heteroatoms. The van der Waals surface area contributed by atoms with E-state index in [9.17, 15) is 14.0 Å². The quantitative estimate of drug-likeness (QED) is 0.535. The maximum atomic E-state index is 13.6. The molecule has 2 aromatic carbocycles. The van der Waals surface area contributed by atoms with Crippen LogP contribution in [-0.4, -0.2) is 39.8 Å². The molecule has 1 N–H and O–H groups in total. The van der Waals surface area contributed by atoms with E-state index in [1.807, 2.05) is 31.2 Å². The van der Waals surface area contributed by atoms with E-state index < -0.39 is 12.0 Å². The van der Waals surface area contributed by atoms with Crippen molar-refractivity contribution in [2.45, 2.75) is 33.2 Å². The molecule has 0 radical (unpaired) electrons. The van der Waals surface area contributed by atoms with Gasteiger partial charge in [0.25, 0.3) is 0 Å². The molecule has 4 rings (SSSR count). The third-order valence-electron chi connectivity index (χ3n) is 5.76. The van der Waals surface area contributed by atoms with Crippen molar-refractivity contribution in [3.63, 3.8) is 0 Å². The number of ether oxygens (including phenoxy) is 1. The number of halogens is 1. The number of nitrogens with one attached hydrogen (secondary N) is 1. The van der Waals surface area contributed by atoms with Crippen molar-refractivity contribution in [1.29, 1.82) is 0 Å². The number of carbonyl (C=O) groups is 2. The lowest BCUT2D eigenvalue weighted by Gasteiger charge is -2.35. The minimum atomic E-state index is -0.669. The van der Waals surface area contributed by atoms with Gasteiger partial charge in [0.2, 0.25) is 11.9 Å². The maximum Gasteiger partial charge on any atom is 0.338 e. The number of nitrogens with zero attached hydrogens (tertiary/aromatic N) is 4. The van der Waals surface area contributed by atoms with Crippen molar-refractivity contribution in [2.75, 3.05) is 23.4 Å². The lowest BCUT2D eigenvalue weighted by Crippen LogP contribution is -2.41. The molecule has 0 fully saturated rings. The molecule has 0 aliphatic carbocycles. The summed E-state index contributed by atoms with van der Waals surface area (Å²) in [4.78, 5) is 32.1. The molecule has 0 saturated heterocycles. The summed E-state index contributed by atoms with van der Waals surface area (Å²) in [5, 5.41) is 7.28. The zero-order valence-electron chi connectivity index (χ0n) is 19.3. The first-order chi connectivity index (χ1) is 16.4. The molecule has 1 atom stereocenters. The summed E-state index contributed by atoms with van der Waals surface area (Å²) < 4.78 is 20.5. The van der Waals surface area contributed by atoms with E-state index >= 15 is 0 Å². The highest BCUT2D eigenvalue weighted by Gasteiger charge is 2.38. The SMILES string of the molecule is CCOC(=O)C1=C(C)N(CC(=O)Nc2ccccc2CC)c2ncnn2[C@H]1c1ccc(F)cc1. The van der Waals surface area contributed by atoms with Crippen LogP contribution in [0.5, 0.6) is 0 Å². The van der Waals surface area contributed by atoms with Crippen molar-refractivity contribution in [1.82, 2.24) is 14.8 Å². The maximum absolute atomic E-state index is 13.6. The highest BCUT2D eigenvalue weighted by Crippen LogP contribution is 2.38. The Bertz CT molecular complexity index is 1240. The van der Waals surface area contributed by atoms with E-state index in [1.165, 1.54) is 18.5 Å². The Labute approximate surface area is 197 Å². The van der Waals surface area contributed by atoms with Gasteiger partial charge in [-0.05, 0) is 49.6 Å². The molecule has 0 spiro atoms. The molecule has 3 aromatic rings. The highest BCUT2D eigenvalue weighted by molar-refractivity contribution is 5.97. The van der Waals surface area contributed by atoms with Gasteiger partial charge in [0, 0.05) is 11.4 Å². The van der Waals surface area contributed by atoms with Crippen molar-refractivity contribution in [3.05, 3.63) is 83.1 Å². The summed E-state index contributed by atoms with van der Waals surface area (Å²) in [7, 11) is 0. The van der Waals surface area contributed by atoms with Gasteiger partial charge in [0.1, 0.15) is 24.7 Å². The second-order valence-electron chi connectivity index (χ2n) is 7.82. The number of rotatable bonds is 7. The molecule has 0 unspecified atom stereocenters. The second-order valence-corrected chi connectivity index (χ2v) is 7.82. The Morgan fingerprint density at radius 2 is 1.85 bits per heavy atom. The van der Waals surface area contributed by atoms with E-state index in [4.69, 9.17) is 4.74 Å². The van der Waals surface area contributed by atoms with Gasteiger partial charge in [0.15, 0.2) is 0 Å². The number of esters is 1. The Morgan fingerprint density at radius 3 is 2.56 bits per heavy atom. The van der Waals surface area contributed by atoms with Crippen LogP contribution in [0.3, 0.4) is 0 Å². The molecule has 2 heterocycles. The topological polar surface area (TPSA) is 89.3 Å². The lowest BCUT2D eigenvalue weighted by molar-refractivity contribution is -0.139. The number of amides is 1. The highest BCUT2D eigenvalue weighted by atomic mass is 19.1. The number of benzene rings is 2. The van der Waals surface area contributed by atoms with Crippen molar-refractivity contribution >= 4 is 23.5 Å². The van der Waals surface area contributed by atoms with Gasteiger partial charge in [0.05, 0.1) is 12.2 Å². The van der Waals surface area contributed by atoms with Crippen LogP contribution < -0.4 is 10.2 Å². The zero-order chi connectivity index (χ0) is 24.2. The summed E-state index contributed by atoms with van der Waals surface area (Å²) in [5.74, 6) is -0.781. The Morgan fingerprint density at radius 1 is 1.12 bits per heavy atom. The summed E-state index contributed by atoms with van der Waals surface area (Å²) >= 11 is 0. The van der Waals surface area contributed by atoms with Crippen molar-refractivity contribution < 1.29 is 18.7 Å². The number of hydrogen-bond acceptors (Lipinski definition) is 6. The van der Waals surface area contributed by atoms with Gasteiger partial charge in [-0.2, -0.15) is 10.1 Å². The number of allylic oxidation sites excluding steroid dienone is 1. The van der Waals surface area contributed by atoms with Crippen LogP contribution >= 0.6 is 0 Å². The fourth-order valence-electron chi connectivity index (χ4n) is 4.13. The van der Waals surface area contributed by atoms with Gasteiger partial charge in [-0.3, -0.25) is 4.79 Å². The van der Waals surface area contributed by atoms with Crippen LogP contribution in [0.25, 0.3) is 0 Å². The first-order valence-corrected chi connectivity index (χ1v) is 11.1. The number of carbonyl (C=O) groups excluding carboxylic acids is 2. The van der Waals surface area contributed by atoms with Gasteiger partial charge in [-0.25, -0.2) is 13.9 Å². The number of aryl methyl sites for hydroxylation is 1. The van der Waals surface area contributed by atoms with E-state index in [2.05, 4.69) is 15.4 Å². The fourth-order valence-corrected chi connectivity index (χ4v) is 4.13. The van der Waals surface area contributed by atoms with E-state index in [0.717, 1.165) is 17.7 Å². The molecule has 8 nitrogen and oxygen atoms in total. The van der Waals surface area contributed by atoms with Gasteiger partial charge < -0.3 is 15.0 Å². The predicted molar refractivity (Wildman–Crippen MR) is 126 cm³/mol. The first kappa shape index (κ1) is 23.2. The smallest absolute Gasteiger partial charge is 0.338 e. The molecular formula is C25H26FN5O3.